The minimum Gasteiger partial charge on any atom is -0.378 e. The number of rotatable bonds is 3. The minimum atomic E-state index is 0.0104. The molecule has 2 atom stereocenters. The lowest BCUT2D eigenvalue weighted by atomic mass is 10.0. The van der Waals surface area contributed by atoms with Crippen LogP contribution >= 0.6 is 11.8 Å². The Morgan fingerprint density at radius 1 is 1.44 bits per heavy atom. The van der Waals surface area contributed by atoms with Crippen molar-refractivity contribution in [1.29, 1.82) is 0 Å². The van der Waals surface area contributed by atoms with Gasteiger partial charge in [-0.1, -0.05) is 12.1 Å². The van der Waals surface area contributed by atoms with Gasteiger partial charge in [-0.25, -0.2) is 0 Å². The molecule has 3 N–H and O–H groups in total. The highest BCUT2D eigenvalue weighted by atomic mass is 32.2. The number of morpholine rings is 1. The summed E-state index contributed by atoms with van der Waals surface area (Å²) in [6, 6.07) is 8.68. The smallest absolute Gasteiger partial charge is 0.0638 e. The van der Waals surface area contributed by atoms with E-state index in [0.29, 0.717) is 6.61 Å². The first-order valence-electron chi connectivity index (χ1n) is 5.52. The van der Waals surface area contributed by atoms with Crippen LogP contribution in [0.1, 0.15) is 11.6 Å². The van der Waals surface area contributed by atoms with Crippen LogP contribution in [0.5, 0.6) is 0 Å². The predicted molar refractivity (Wildman–Crippen MR) is 67.8 cm³/mol. The van der Waals surface area contributed by atoms with Crippen molar-refractivity contribution < 1.29 is 4.74 Å². The van der Waals surface area contributed by atoms with Crippen LogP contribution in [0.3, 0.4) is 0 Å². The van der Waals surface area contributed by atoms with Gasteiger partial charge in [0.25, 0.3) is 0 Å². The number of nitrogens with one attached hydrogen (secondary N) is 1. The third kappa shape index (κ3) is 2.77. The van der Waals surface area contributed by atoms with Crippen LogP contribution < -0.4 is 11.1 Å². The zero-order valence-electron chi connectivity index (χ0n) is 9.48. The predicted octanol–water partition coefficient (Wildman–Crippen LogP) is 1.40. The molecule has 1 heterocycles. The van der Waals surface area contributed by atoms with Gasteiger partial charge in [0.15, 0.2) is 0 Å². The summed E-state index contributed by atoms with van der Waals surface area (Å²) in [6.07, 6.45) is 2.07. The van der Waals surface area contributed by atoms with Crippen molar-refractivity contribution in [3.63, 3.8) is 0 Å². The Morgan fingerprint density at radius 2 is 2.19 bits per heavy atom. The van der Waals surface area contributed by atoms with E-state index in [-0.39, 0.29) is 12.1 Å². The van der Waals surface area contributed by atoms with E-state index in [4.69, 9.17) is 10.5 Å². The van der Waals surface area contributed by atoms with Crippen LogP contribution in [-0.4, -0.2) is 32.1 Å². The molecule has 0 amide bonds. The largest absolute Gasteiger partial charge is 0.378 e. The summed E-state index contributed by atoms with van der Waals surface area (Å²) < 4.78 is 5.42. The van der Waals surface area contributed by atoms with E-state index in [1.165, 1.54) is 10.5 Å². The standard InChI is InChI=1S/C12H18N2OS/c1-16-10-4-2-9(3-5-10)12(13)11-8-15-7-6-14-11/h2-5,11-12,14H,6-8,13H2,1H3. The molecule has 4 heteroatoms. The Labute approximate surface area is 101 Å². The summed E-state index contributed by atoms with van der Waals surface area (Å²) in [4.78, 5) is 1.27. The maximum absolute atomic E-state index is 6.21. The number of hydrogen-bond acceptors (Lipinski definition) is 4. The molecule has 88 valence electrons. The van der Waals surface area contributed by atoms with E-state index < -0.39 is 0 Å². The van der Waals surface area contributed by atoms with Crippen molar-refractivity contribution in [3.8, 4) is 0 Å². The fraction of sp³-hybridized carbons (Fsp3) is 0.500. The van der Waals surface area contributed by atoms with Gasteiger partial charge in [0, 0.05) is 23.5 Å². The number of benzene rings is 1. The van der Waals surface area contributed by atoms with Crippen LogP contribution in [0.25, 0.3) is 0 Å². The van der Waals surface area contributed by atoms with Gasteiger partial charge in [-0.3, -0.25) is 0 Å². The highest BCUT2D eigenvalue weighted by Crippen LogP contribution is 2.20. The lowest BCUT2D eigenvalue weighted by molar-refractivity contribution is 0.0685. The Hall–Kier alpha value is -0.550. The summed E-state index contributed by atoms with van der Waals surface area (Å²) >= 11 is 1.74. The second kappa shape index (κ2) is 5.68. The third-order valence-corrected chi connectivity index (χ3v) is 3.63. The van der Waals surface area contributed by atoms with Gasteiger partial charge in [0.2, 0.25) is 0 Å². The van der Waals surface area contributed by atoms with Gasteiger partial charge < -0.3 is 15.8 Å². The second-order valence-electron chi connectivity index (χ2n) is 3.93. The molecule has 1 saturated heterocycles. The van der Waals surface area contributed by atoms with Crippen LogP contribution in [0.4, 0.5) is 0 Å². The van der Waals surface area contributed by atoms with Crippen molar-refractivity contribution in [1.82, 2.24) is 5.32 Å². The maximum atomic E-state index is 6.21. The Bertz CT molecular complexity index is 322. The number of nitrogens with two attached hydrogens (primary N) is 1. The van der Waals surface area contributed by atoms with Crippen molar-refractivity contribution in [2.75, 3.05) is 26.0 Å². The second-order valence-corrected chi connectivity index (χ2v) is 4.81. The fourth-order valence-corrected chi connectivity index (χ4v) is 2.28. The number of hydrogen-bond donors (Lipinski definition) is 2. The van der Waals surface area contributed by atoms with Gasteiger partial charge in [0.1, 0.15) is 0 Å². The van der Waals surface area contributed by atoms with Gasteiger partial charge in [-0.15, -0.1) is 11.8 Å². The molecule has 1 aliphatic rings. The summed E-state index contributed by atoms with van der Waals surface area (Å²) in [5.74, 6) is 0. The molecule has 2 unspecified atom stereocenters. The molecule has 0 aliphatic carbocycles. The molecule has 2 rings (SSSR count). The van der Waals surface area contributed by atoms with Crippen LogP contribution in [-0.2, 0) is 4.74 Å². The van der Waals surface area contributed by atoms with Crippen LogP contribution in [0.2, 0.25) is 0 Å². The molecule has 0 aromatic heterocycles. The van der Waals surface area contributed by atoms with Gasteiger partial charge in [0.05, 0.1) is 13.2 Å². The molecule has 0 spiro atoms. The number of ether oxygens (including phenoxy) is 1. The van der Waals surface area contributed by atoms with Gasteiger partial charge in [-0.05, 0) is 24.0 Å². The van der Waals surface area contributed by atoms with Gasteiger partial charge in [-0.2, -0.15) is 0 Å². The van der Waals surface area contributed by atoms with E-state index >= 15 is 0 Å². The molecule has 0 radical (unpaired) electrons. The first-order valence-corrected chi connectivity index (χ1v) is 6.74. The van der Waals surface area contributed by atoms with Crippen molar-refractivity contribution in [2.45, 2.75) is 17.0 Å². The van der Waals surface area contributed by atoms with E-state index in [2.05, 4.69) is 35.8 Å². The van der Waals surface area contributed by atoms with Gasteiger partial charge >= 0.3 is 0 Å². The molecule has 1 fully saturated rings. The topological polar surface area (TPSA) is 47.3 Å². The Morgan fingerprint density at radius 3 is 2.75 bits per heavy atom. The zero-order chi connectivity index (χ0) is 11.4. The van der Waals surface area contributed by atoms with Crippen molar-refractivity contribution >= 4 is 11.8 Å². The molecule has 1 aliphatic heterocycles. The highest BCUT2D eigenvalue weighted by molar-refractivity contribution is 7.98. The average molecular weight is 238 g/mol. The lowest BCUT2D eigenvalue weighted by Gasteiger charge is -2.29. The summed E-state index contributed by atoms with van der Waals surface area (Å²) in [5, 5.41) is 3.39. The summed E-state index contributed by atoms with van der Waals surface area (Å²) in [7, 11) is 0. The molecule has 1 aromatic carbocycles. The Balaban J connectivity index is 2.04. The van der Waals surface area contributed by atoms with E-state index in [9.17, 15) is 0 Å². The highest BCUT2D eigenvalue weighted by Gasteiger charge is 2.21. The van der Waals surface area contributed by atoms with E-state index in [0.717, 1.165) is 13.2 Å². The fourth-order valence-electron chi connectivity index (χ4n) is 1.87. The zero-order valence-corrected chi connectivity index (χ0v) is 10.3. The molecular formula is C12H18N2OS. The lowest BCUT2D eigenvalue weighted by Crippen LogP contribution is -2.47. The monoisotopic (exact) mass is 238 g/mol. The molecular weight excluding hydrogens is 220 g/mol. The Kier molecular flexibility index (Phi) is 4.23. The van der Waals surface area contributed by atoms with E-state index in [1.54, 1.807) is 11.8 Å². The SMILES string of the molecule is CSc1ccc(C(N)C2COCCN2)cc1. The van der Waals surface area contributed by atoms with Crippen molar-refractivity contribution in [3.05, 3.63) is 29.8 Å². The maximum Gasteiger partial charge on any atom is 0.0638 e. The van der Waals surface area contributed by atoms with Crippen molar-refractivity contribution in [2.24, 2.45) is 5.73 Å². The molecule has 3 nitrogen and oxygen atoms in total. The van der Waals surface area contributed by atoms with Crippen LogP contribution in [0, 0.1) is 0 Å². The summed E-state index contributed by atoms with van der Waals surface area (Å²) in [5.41, 5.74) is 7.38. The first kappa shape index (κ1) is 11.9. The molecule has 0 bridgehead atoms. The summed E-state index contributed by atoms with van der Waals surface area (Å²) in [6.45, 7) is 2.38. The molecule has 16 heavy (non-hydrogen) atoms. The van der Waals surface area contributed by atoms with Crippen LogP contribution in [0.15, 0.2) is 29.2 Å². The van der Waals surface area contributed by atoms with E-state index in [1.807, 2.05) is 0 Å². The third-order valence-electron chi connectivity index (χ3n) is 2.88. The quantitative estimate of drug-likeness (QED) is 0.781. The average Bonchev–Trinajstić information content (AvgIpc) is 2.39. The first-order chi connectivity index (χ1) is 7.81. The number of thioether (sulfide) groups is 1. The minimum absolute atomic E-state index is 0.0104. The molecule has 0 saturated carbocycles. The normalized spacial score (nSPS) is 23.0. The molecule has 1 aromatic rings.